The first kappa shape index (κ1) is 21.6. The number of carbonyl (C=O) groups is 2. The van der Waals surface area contributed by atoms with Gasteiger partial charge in [-0.25, -0.2) is 4.79 Å². The normalized spacial score (nSPS) is 10.6. The van der Waals surface area contributed by atoms with Crippen LogP contribution >= 0.6 is 11.8 Å². The number of aryl methyl sites for hydroxylation is 1. The molecule has 0 spiro atoms. The van der Waals surface area contributed by atoms with Crippen molar-refractivity contribution >= 4 is 23.7 Å². The minimum Gasteiger partial charge on any atom is -0.334 e. The summed E-state index contributed by atoms with van der Waals surface area (Å²) in [5.74, 6) is 0.993. The third-order valence-electron chi connectivity index (χ3n) is 4.42. The highest BCUT2D eigenvalue weighted by atomic mass is 32.2. The van der Waals surface area contributed by atoms with Crippen LogP contribution in [0.15, 0.2) is 59.8 Å². The molecule has 0 bridgehead atoms. The zero-order valence-electron chi connectivity index (χ0n) is 17.1. The summed E-state index contributed by atoms with van der Waals surface area (Å²) in [7, 11) is 0. The topological polar surface area (TPSA) is 88.9 Å². The SMILES string of the molecule is CCn1c(SCCC(=O)NC(=O)NCc2ccccc2)nnc1-c1cccc(C)c1. The number of amides is 3. The smallest absolute Gasteiger partial charge is 0.321 e. The fourth-order valence-corrected chi connectivity index (χ4v) is 3.86. The predicted octanol–water partition coefficient (Wildman–Crippen LogP) is 3.78. The Morgan fingerprint density at radius 3 is 2.60 bits per heavy atom. The molecule has 1 aromatic heterocycles. The van der Waals surface area contributed by atoms with Crippen molar-refractivity contribution in [3.63, 3.8) is 0 Å². The van der Waals surface area contributed by atoms with Crippen molar-refractivity contribution in [2.24, 2.45) is 0 Å². The molecule has 156 valence electrons. The molecular formula is C22H25N5O2S. The van der Waals surface area contributed by atoms with Crippen molar-refractivity contribution < 1.29 is 9.59 Å². The highest BCUT2D eigenvalue weighted by molar-refractivity contribution is 7.99. The summed E-state index contributed by atoms with van der Waals surface area (Å²) < 4.78 is 2.03. The van der Waals surface area contributed by atoms with Crippen LogP contribution in [-0.4, -0.2) is 32.5 Å². The maximum atomic E-state index is 12.0. The number of rotatable bonds is 8. The Balaban J connectivity index is 1.48. The zero-order valence-corrected chi connectivity index (χ0v) is 17.9. The third-order valence-corrected chi connectivity index (χ3v) is 5.39. The molecular weight excluding hydrogens is 398 g/mol. The quantitative estimate of drug-likeness (QED) is 0.538. The van der Waals surface area contributed by atoms with E-state index in [9.17, 15) is 9.59 Å². The molecule has 7 nitrogen and oxygen atoms in total. The first-order chi connectivity index (χ1) is 14.6. The summed E-state index contributed by atoms with van der Waals surface area (Å²) in [6.45, 7) is 5.18. The van der Waals surface area contributed by atoms with E-state index in [1.165, 1.54) is 11.8 Å². The van der Waals surface area contributed by atoms with Gasteiger partial charge in [0.15, 0.2) is 11.0 Å². The Labute approximate surface area is 180 Å². The van der Waals surface area contributed by atoms with Gasteiger partial charge in [0.25, 0.3) is 0 Å². The molecule has 0 aliphatic rings. The predicted molar refractivity (Wildman–Crippen MR) is 118 cm³/mol. The van der Waals surface area contributed by atoms with Gasteiger partial charge in [0, 0.05) is 30.8 Å². The molecule has 0 saturated carbocycles. The molecule has 0 fully saturated rings. The van der Waals surface area contributed by atoms with Crippen LogP contribution < -0.4 is 10.6 Å². The van der Waals surface area contributed by atoms with E-state index < -0.39 is 6.03 Å². The van der Waals surface area contributed by atoms with Crippen molar-refractivity contribution in [1.82, 2.24) is 25.4 Å². The van der Waals surface area contributed by atoms with E-state index in [0.29, 0.717) is 12.3 Å². The number of nitrogens with zero attached hydrogens (tertiary/aromatic N) is 3. The van der Waals surface area contributed by atoms with Crippen LogP contribution in [0.3, 0.4) is 0 Å². The molecule has 8 heteroatoms. The standard InChI is InChI=1S/C22H25N5O2S/c1-3-27-20(18-11-7-8-16(2)14-18)25-26-22(27)30-13-12-19(28)24-21(29)23-15-17-9-5-4-6-10-17/h4-11,14H,3,12-13,15H2,1-2H3,(H2,23,24,28,29). The van der Waals surface area contributed by atoms with Gasteiger partial charge >= 0.3 is 6.03 Å². The minimum absolute atomic E-state index is 0.208. The molecule has 30 heavy (non-hydrogen) atoms. The van der Waals surface area contributed by atoms with E-state index in [4.69, 9.17) is 0 Å². The first-order valence-electron chi connectivity index (χ1n) is 9.81. The Morgan fingerprint density at radius 1 is 1.07 bits per heavy atom. The number of hydrogen-bond acceptors (Lipinski definition) is 5. The van der Waals surface area contributed by atoms with Crippen molar-refractivity contribution in [2.45, 2.75) is 38.5 Å². The van der Waals surface area contributed by atoms with Gasteiger partial charge < -0.3 is 9.88 Å². The number of benzene rings is 2. The summed E-state index contributed by atoms with van der Waals surface area (Å²) in [5.41, 5.74) is 3.15. The summed E-state index contributed by atoms with van der Waals surface area (Å²) in [5, 5.41) is 14.4. The largest absolute Gasteiger partial charge is 0.334 e. The van der Waals surface area contributed by atoms with Gasteiger partial charge in [0.2, 0.25) is 5.91 Å². The van der Waals surface area contributed by atoms with E-state index in [0.717, 1.165) is 34.2 Å². The van der Waals surface area contributed by atoms with Crippen molar-refractivity contribution in [3.8, 4) is 11.4 Å². The number of nitrogens with one attached hydrogen (secondary N) is 2. The van der Waals surface area contributed by atoms with Crippen LogP contribution in [0.25, 0.3) is 11.4 Å². The van der Waals surface area contributed by atoms with E-state index >= 15 is 0 Å². The van der Waals surface area contributed by atoms with Gasteiger partial charge in [0.05, 0.1) is 0 Å². The molecule has 2 N–H and O–H groups in total. The second kappa shape index (κ2) is 10.6. The average Bonchev–Trinajstić information content (AvgIpc) is 3.16. The second-order valence-corrected chi connectivity index (χ2v) is 7.80. The lowest BCUT2D eigenvalue weighted by molar-refractivity contribution is -0.119. The Bertz CT molecular complexity index is 1000. The molecule has 2 aromatic carbocycles. The molecule has 1 heterocycles. The number of imide groups is 1. The molecule has 3 rings (SSSR count). The van der Waals surface area contributed by atoms with Crippen molar-refractivity contribution in [1.29, 1.82) is 0 Å². The molecule has 0 radical (unpaired) electrons. The highest BCUT2D eigenvalue weighted by Crippen LogP contribution is 2.24. The average molecular weight is 424 g/mol. The number of hydrogen-bond donors (Lipinski definition) is 2. The Hall–Kier alpha value is -3.13. The van der Waals surface area contributed by atoms with Crippen LogP contribution in [-0.2, 0) is 17.9 Å². The summed E-state index contributed by atoms with van der Waals surface area (Å²) >= 11 is 1.45. The lowest BCUT2D eigenvalue weighted by Gasteiger charge is -2.08. The lowest BCUT2D eigenvalue weighted by Crippen LogP contribution is -2.39. The zero-order chi connectivity index (χ0) is 21.3. The number of thioether (sulfide) groups is 1. The molecule has 0 saturated heterocycles. The van der Waals surface area contributed by atoms with E-state index in [2.05, 4.69) is 26.9 Å². The van der Waals surface area contributed by atoms with Crippen molar-refractivity contribution in [2.75, 3.05) is 5.75 Å². The first-order valence-corrected chi connectivity index (χ1v) is 10.8. The van der Waals surface area contributed by atoms with Gasteiger partial charge in [-0.2, -0.15) is 0 Å². The monoisotopic (exact) mass is 423 g/mol. The van der Waals surface area contributed by atoms with E-state index in [1.807, 2.05) is 66.9 Å². The van der Waals surface area contributed by atoms with Gasteiger partial charge in [-0.15, -0.1) is 10.2 Å². The minimum atomic E-state index is -0.493. The van der Waals surface area contributed by atoms with Crippen molar-refractivity contribution in [3.05, 3.63) is 65.7 Å². The molecule has 0 aliphatic carbocycles. The molecule has 3 amide bonds. The summed E-state index contributed by atoms with van der Waals surface area (Å²) in [6.07, 6.45) is 0.208. The number of carbonyl (C=O) groups excluding carboxylic acids is 2. The van der Waals surface area contributed by atoms with Crippen LogP contribution in [0.4, 0.5) is 4.79 Å². The van der Waals surface area contributed by atoms with Gasteiger partial charge in [0.1, 0.15) is 0 Å². The fourth-order valence-electron chi connectivity index (χ4n) is 2.92. The Morgan fingerprint density at radius 2 is 1.87 bits per heavy atom. The second-order valence-electron chi connectivity index (χ2n) is 6.73. The maximum absolute atomic E-state index is 12.0. The maximum Gasteiger partial charge on any atom is 0.321 e. The highest BCUT2D eigenvalue weighted by Gasteiger charge is 2.14. The van der Waals surface area contributed by atoms with Crippen LogP contribution in [0.2, 0.25) is 0 Å². The summed E-state index contributed by atoms with van der Waals surface area (Å²) in [4.78, 5) is 23.9. The number of urea groups is 1. The molecule has 0 unspecified atom stereocenters. The third kappa shape index (κ3) is 5.93. The fraction of sp³-hybridized carbons (Fsp3) is 0.273. The van der Waals surface area contributed by atoms with Gasteiger partial charge in [-0.1, -0.05) is 65.9 Å². The van der Waals surface area contributed by atoms with Crippen LogP contribution in [0.1, 0.15) is 24.5 Å². The van der Waals surface area contributed by atoms with Gasteiger partial charge in [-0.3, -0.25) is 10.1 Å². The van der Waals surface area contributed by atoms with E-state index in [1.54, 1.807) is 0 Å². The van der Waals surface area contributed by atoms with Gasteiger partial charge in [-0.05, 0) is 25.5 Å². The van der Waals surface area contributed by atoms with Crippen LogP contribution in [0, 0.1) is 6.92 Å². The molecule has 3 aromatic rings. The molecule has 0 aliphatic heterocycles. The Kier molecular flexibility index (Phi) is 7.62. The summed E-state index contributed by atoms with van der Waals surface area (Å²) in [6, 6.07) is 17.2. The van der Waals surface area contributed by atoms with E-state index in [-0.39, 0.29) is 12.3 Å². The lowest BCUT2D eigenvalue weighted by atomic mass is 10.1. The molecule has 0 atom stereocenters. The van der Waals surface area contributed by atoms with Crippen LogP contribution in [0.5, 0.6) is 0 Å². The number of aromatic nitrogens is 3.